The highest BCUT2D eigenvalue weighted by atomic mass is 19.1. The van der Waals surface area contributed by atoms with E-state index in [1.54, 1.807) is 33.9 Å². The number of ketones is 2. The number of Topliss-reactive ketones (excluding diaryl/α,β-unsaturated/α-hetero) is 2. The number of halogens is 1. The molecule has 0 spiro atoms. The first-order chi connectivity index (χ1) is 24.3. The Morgan fingerprint density at radius 2 is 1.81 bits per heavy atom. The first-order valence-corrected chi connectivity index (χ1v) is 18.1. The van der Waals surface area contributed by atoms with Crippen LogP contribution in [-0.2, 0) is 44.6 Å². The number of likely N-dealkylation sites (N-methyl/N-ethyl adjacent to an activating group) is 1. The zero-order valence-corrected chi connectivity index (χ0v) is 32.0. The molecule has 52 heavy (non-hydrogen) atoms. The maximum atomic E-state index is 16.6. The maximum absolute atomic E-state index is 16.6. The largest absolute Gasteiger partial charge is 0.455 e. The number of ether oxygens (including phenoxy) is 5. The number of methoxy groups -OCH3 is 1. The second kappa shape index (κ2) is 16.5. The number of aliphatic hydroxyl groups excluding tert-OH is 1. The molecule has 4 rings (SSSR count). The summed E-state index contributed by atoms with van der Waals surface area (Å²) >= 11 is 0. The lowest BCUT2D eigenvalue weighted by molar-refractivity contribution is -0.297. The highest BCUT2D eigenvalue weighted by Crippen LogP contribution is 2.41. The number of hydrogen-bond acceptors (Lipinski definition) is 13. The lowest BCUT2D eigenvalue weighted by Crippen LogP contribution is -2.62. The third kappa shape index (κ3) is 8.49. The molecule has 3 aliphatic heterocycles. The monoisotopic (exact) mass is 736 g/mol. The van der Waals surface area contributed by atoms with Gasteiger partial charge in [0.05, 0.1) is 29.5 Å². The predicted molar refractivity (Wildman–Crippen MR) is 187 cm³/mol. The van der Waals surface area contributed by atoms with E-state index in [1.807, 2.05) is 37.2 Å². The van der Waals surface area contributed by atoms with Gasteiger partial charge in [0.1, 0.15) is 18.0 Å². The molecule has 3 N–H and O–H groups in total. The number of nitrogens with zero attached hydrogens (tertiary/aromatic N) is 2. The highest BCUT2D eigenvalue weighted by molar-refractivity contribution is 6.08. The van der Waals surface area contributed by atoms with Crippen LogP contribution in [0.1, 0.15) is 73.4 Å². The summed E-state index contributed by atoms with van der Waals surface area (Å²) in [7, 11) is 5.03. The van der Waals surface area contributed by atoms with Gasteiger partial charge in [-0.2, -0.15) is 0 Å². The molecular formula is C37H57FN4O10. The number of alkyl halides is 1. The normalized spacial score (nSPS) is 40.8. The molecule has 3 fully saturated rings. The smallest absolute Gasteiger partial charge is 0.408 e. The third-order valence-electron chi connectivity index (χ3n) is 11.2. The van der Waals surface area contributed by atoms with Gasteiger partial charge in [0.25, 0.3) is 5.67 Å². The van der Waals surface area contributed by atoms with Crippen molar-refractivity contribution in [2.75, 3.05) is 27.7 Å². The number of nitrogens with one attached hydrogen (secondary N) is 2. The van der Waals surface area contributed by atoms with Gasteiger partial charge in [-0.3, -0.25) is 14.6 Å². The summed E-state index contributed by atoms with van der Waals surface area (Å²) in [5.41, 5.74) is -5.33. The SMILES string of the molecule is CC[C@H]1OC(=O)[C@@](C)(F)C(=O)[C@H](C)[C@@H](O[C@@H]2O[C@H](CNCc3ccccn3)CC(N(C)C)C2O)[C@](C)(OC)C[C@@H](C)C(=O)[C@H](C)[C@H]2NC(=O)O[C@@]21C. The number of esters is 1. The van der Waals surface area contributed by atoms with Crippen LogP contribution in [0.3, 0.4) is 0 Å². The minimum atomic E-state index is -3.17. The van der Waals surface area contributed by atoms with E-state index >= 15 is 4.39 Å². The Morgan fingerprint density at radius 1 is 1.12 bits per heavy atom. The number of fused-ring (bicyclic) bond motifs is 1. The Labute approximate surface area is 305 Å². The van der Waals surface area contributed by atoms with Crippen molar-refractivity contribution in [3.63, 3.8) is 0 Å². The molecule has 3 saturated heterocycles. The third-order valence-corrected chi connectivity index (χ3v) is 11.2. The number of alkyl carbamates (subject to hydrolysis) is 1. The van der Waals surface area contributed by atoms with Crippen LogP contribution in [0.2, 0.25) is 0 Å². The summed E-state index contributed by atoms with van der Waals surface area (Å²) in [4.78, 5) is 60.6. The number of cyclic esters (lactones) is 1. The summed E-state index contributed by atoms with van der Waals surface area (Å²) < 4.78 is 46.8. The van der Waals surface area contributed by atoms with E-state index in [2.05, 4.69) is 15.6 Å². The molecule has 1 aromatic rings. The first-order valence-electron chi connectivity index (χ1n) is 18.1. The zero-order chi connectivity index (χ0) is 38.8. The van der Waals surface area contributed by atoms with E-state index in [1.165, 1.54) is 21.0 Å². The molecule has 2 unspecified atom stereocenters. The Morgan fingerprint density at radius 3 is 2.40 bits per heavy atom. The zero-order valence-electron chi connectivity index (χ0n) is 32.0. The number of hydrogen-bond donors (Lipinski definition) is 3. The molecule has 3 aliphatic rings. The van der Waals surface area contributed by atoms with E-state index in [-0.39, 0.29) is 18.6 Å². The van der Waals surface area contributed by atoms with E-state index in [0.717, 1.165) is 12.6 Å². The second-order valence-corrected chi connectivity index (χ2v) is 15.4. The van der Waals surface area contributed by atoms with Crippen molar-refractivity contribution < 1.29 is 52.4 Å². The van der Waals surface area contributed by atoms with Crippen molar-refractivity contribution >= 4 is 23.6 Å². The molecule has 15 heteroatoms. The average molecular weight is 737 g/mol. The predicted octanol–water partition coefficient (Wildman–Crippen LogP) is 2.73. The summed E-state index contributed by atoms with van der Waals surface area (Å²) in [6.07, 6.45) is -4.05. The standard InChI is InChI=1S/C37H57FN4O10/c1-11-26-37(7)29(41-34(47)52-37)21(3)27(43)20(2)17-35(5,48-10)31(22(4)30(45)36(6,38)33(46)50-26)51-32-28(44)25(42(8)9)16-24(49-32)19-39-18-23-14-12-13-15-40-23/h12-15,20-22,24-26,28-29,31-32,39,44H,11,16-19H2,1-10H3,(H,41,47)/t20-,21+,22+,24+,25?,26-,28?,29-,31-,32+,35-,36+,37-/m1/s1. The fourth-order valence-electron chi connectivity index (χ4n) is 8.07. The number of carbonyl (C=O) groups is 4. The molecule has 292 valence electrons. The van der Waals surface area contributed by atoms with Gasteiger partial charge in [0, 0.05) is 50.2 Å². The van der Waals surface area contributed by atoms with Gasteiger partial charge in [-0.15, -0.1) is 0 Å². The number of carbonyl (C=O) groups excluding carboxylic acids is 4. The molecule has 4 heterocycles. The molecule has 1 amide bonds. The number of aliphatic hydroxyl groups is 1. The van der Waals surface area contributed by atoms with E-state index in [4.69, 9.17) is 23.7 Å². The van der Waals surface area contributed by atoms with Gasteiger partial charge >= 0.3 is 12.1 Å². The van der Waals surface area contributed by atoms with Gasteiger partial charge in [0.15, 0.2) is 17.7 Å². The van der Waals surface area contributed by atoms with Gasteiger partial charge in [-0.1, -0.05) is 33.8 Å². The van der Waals surface area contributed by atoms with Crippen LogP contribution >= 0.6 is 0 Å². The lowest BCUT2D eigenvalue weighted by atomic mass is 9.73. The molecule has 0 bridgehead atoms. The van der Waals surface area contributed by atoms with Crippen molar-refractivity contribution in [1.29, 1.82) is 0 Å². The number of pyridine rings is 1. The number of amides is 1. The van der Waals surface area contributed by atoms with Crippen molar-refractivity contribution in [3.8, 4) is 0 Å². The molecule has 13 atom stereocenters. The Bertz CT molecular complexity index is 1430. The molecule has 1 aromatic heterocycles. The van der Waals surface area contributed by atoms with Crippen LogP contribution in [0.15, 0.2) is 24.4 Å². The Balaban J connectivity index is 1.72. The molecule has 0 radical (unpaired) electrons. The Kier molecular flexibility index (Phi) is 13.2. The topological polar surface area (TPSA) is 175 Å². The van der Waals surface area contributed by atoms with Crippen LogP contribution in [0, 0.1) is 17.8 Å². The molecule has 0 aliphatic carbocycles. The van der Waals surface area contributed by atoms with Crippen LogP contribution in [-0.4, -0.2) is 126 Å². The van der Waals surface area contributed by atoms with Crippen LogP contribution < -0.4 is 10.6 Å². The van der Waals surface area contributed by atoms with E-state index in [9.17, 15) is 24.3 Å². The minimum absolute atomic E-state index is 0.00711. The van der Waals surface area contributed by atoms with Crippen molar-refractivity contribution in [1.82, 2.24) is 20.5 Å². The fraction of sp³-hybridized carbons (Fsp3) is 0.757. The van der Waals surface area contributed by atoms with Gasteiger partial charge in [-0.05, 0) is 66.3 Å². The molecule has 0 aromatic carbocycles. The van der Waals surface area contributed by atoms with Crippen molar-refractivity contribution in [2.24, 2.45) is 17.8 Å². The summed E-state index contributed by atoms with van der Waals surface area (Å²) in [5, 5.41) is 17.6. The van der Waals surface area contributed by atoms with Gasteiger partial charge in [0.2, 0.25) is 0 Å². The Hall–Kier alpha value is -3.08. The fourth-order valence-corrected chi connectivity index (χ4v) is 8.07. The minimum Gasteiger partial charge on any atom is -0.455 e. The average Bonchev–Trinajstić information content (AvgIpc) is 3.42. The lowest BCUT2D eigenvalue weighted by Gasteiger charge is -2.47. The maximum Gasteiger partial charge on any atom is 0.408 e. The van der Waals surface area contributed by atoms with E-state index in [0.29, 0.717) is 19.5 Å². The summed E-state index contributed by atoms with van der Waals surface area (Å²) in [6.45, 7) is 11.3. The van der Waals surface area contributed by atoms with Crippen LogP contribution in [0.4, 0.5) is 9.18 Å². The van der Waals surface area contributed by atoms with Crippen molar-refractivity contribution in [3.05, 3.63) is 30.1 Å². The van der Waals surface area contributed by atoms with Crippen molar-refractivity contribution in [2.45, 2.75) is 134 Å². The first kappa shape index (κ1) is 41.7. The summed E-state index contributed by atoms with van der Waals surface area (Å²) in [5.74, 6) is -5.81. The molecule has 14 nitrogen and oxygen atoms in total. The van der Waals surface area contributed by atoms with Gasteiger partial charge < -0.3 is 44.3 Å². The second-order valence-electron chi connectivity index (χ2n) is 15.4. The summed E-state index contributed by atoms with van der Waals surface area (Å²) in [6, 6.07) is 4.25. The molecule has 0 saturated carbocycles. The van der Waals surface area contributed by atoms with E-state index < -0.39 is 95.3 Å². The quantitative estimate of drug-likeness (QED) is 0.250. The van der Waals surface area contributed by atoms with Crippen LogP contribution in [0.25, 0.3) is 0 Å². The van der Waals surface area contributed by atoms with Crippen LogP contribution in [0.5, 0.6) is 0 Å². The molecular weight excluding hydrogens is 679 g/mol. The highest BCUT2D eigenvalue weighted by Gasteiger charge is 2.59. The number of rotatable bonds is 9. The number of aromatic nitrogens is 1. The van der Waals surface area contributed by atoms with Gasteiger partial charge in [-0.25, -0.2) is 14.0 Å².